The van der Waals surface area contributed by atoms with Crippen molar-refractivity contribution in [1.29, 1.82) is 0 Å². The van der Waals surface area contributed by atoms with Gasteiger partial charge >= 0.3 is 5.97 Å². The molecule has 26 heavy (non-hydrogen) atoms. The number of methoxy groups -OCH3 is 1. The Morgan fingerprint density at radius 2 is 1.73 bits per heavy atom. The van der Waals surface area contributed by atoms with Crippen molar-refractivity contribution in [2.75, 3.05) is 20.2 Å². The number of piperidine rings is 1. The topological polar surface area (TPSA) is 113 Å². The van der Waals surface area contributed by atoms with Crippen molar-refractivity contribution in [1.82, 2.24) is 9.62 Å². The molecule has 1 aliphatic rings. The number of sulfonamides is 1. The van der Waals surface area contributed by atoms with E-state index >= 15 is 0 Å². The molecule has 2 N–H and O–H groups in total. The second-order valence-corrected chi connectivity index (χ2v) is 8.71. The van der Waals surface area contributed by atoms with Gasteiger partial charge in [-0.2, -0.15) is 4.31 Å². The van der Waals surface area contributed by atoms with Crippen molar-refractivity contribution in [3.8, 4) is 5.75 Å². The molecule has 9 heteroatoms. The lowest BCUT2D eigenvalue weighted by Gasteiger charge is -2.32. The Bertz CT molecular complexity index is 765. The van der Waals surface area contributed by atoms with Crippen molar-refractivity contribution >= 4 is 21.9 Å². The Kier molecular flexibility index (Phi) is 5.92. The second kappa shape index (κ2) is 7.63. The van der Waals surface area contributed by atoms with Gasteiger partial charge in [0.25, 0.3) is 0 Å². The van der Waals surface area contributed by atoms with Gasteiger partial charge in [-0.3, -0.25) is 4.79 Å². The minimum absolute atomic E-state index is 0.174. The minimum atomic E-state index is -3.63. The maximum atomic E-state index is 12.7. The third-order valence-corrected chi connectivity index (χ3v) is 6.41. The van der Waals surface area contributed by atoms with Crippen LogP contribution in [0, 0.1) is 5.92 Å². The summed E-state index contributed by atoms with van der Waals surface area (Å²) in [5.74, 6) is -1.32. The predicted molar refractivity (Wildman–Crippen MR) is 94.3 cm³/mol. The zero-order chi connectivity index (χ0) is 19.5. The molecule has 1 saturated heterocycles. The largest absolute Gasteiger partial charge is 0.497 e. The van der Waals surface area contributed by atoms with Crippen LogP contribution >= 0.6 is 0 Å². The Morgan fingerprint density at radius 3 is 2.19 bits per heavy atom. The van der Waals surface area contributed by atoms with E-state index in [2.05, 4.69) is 5.32 Å². The zero-order valence-corrected chi connectivity index (χ0v) is 15.9. The van der Waals surface area contributed by atoms with Crippen LogP contribution in [0.4, 0.5) is 0 Å². The summed E-state index contributed by atoms with van der Waals surface area (Å²) in [4.78, 5) is 23.5. The van der Waals surface area contributed by atoms with Crippen LogP contribution in [-0.4, -0.2) is 55.4 Å². The summed E-state index contributed by atoms with van der Waals surface area (Å²) in [5.41, 5.74) is -1.36. The number of aliphatic carboxylic acids is 1. The zero-order valence-electron chi connectivity index (χ0n) is 15.1. The molecule has 1 amide bonds. The van der Waals surface area contributed by atoms with Crippen LogP contribution in [0.15, 0.2) is 29.2 Å². The quantitative estimate of drug-likeness (QED) is 0.759. The van der Waals surface area contributed by atoms with Crippen LogP contribution < -0.4 is 10.1 Å². The lowest BCUT2D eigenvalue weighted by Crippen LogP contribution is -2.53. The van der Waals surface area contributed by atoms with Gasteiger partial charge in [0.15, 0.2) is 0 Å². The van der Waals surface area contributed by atoms with Crippen molar-refractivity contribution in [2.45, 2.75) is 37.1 Å². The van der Waals surface area contributed by atoms with Gasteiger partial charge in [0, 0.05) is 19.0 Å². The van der Waals surface area contributed by atoms with E-state index in [1.807, 2.05) is 0 Å². The van der Waals surface area contributed by atoms with Gasteiger partial charge in [-0.15, -0.1) is 0 Å². The summed E-state index contributed by atoms with van der Waals surface area (Å²) >= 11 is 0. The molecule has 1 aliphatic heterocycles. The summed E-state index contributed by atoms with van der Waals surface area (Å²) in [6.45, 7) is 3.24. The summed E-state index contributed by atoms with van der Waals surface area (Å²) < 4.78 is 31.8. The van der Waals surface area contributed by atoms with Gasteiger partial charge in [0.2, 0.25) is 15.9 Å². The molecular formula is C17H24N2O6S. The number of ether oxygens (including phenoxy) is 1. The lowest BCUT2D eigenvalue weighted by molar-refractivity contribution is -0.146. The first-order chi connectivity index (χ1) is 12.1. The van der Waals surface area contributed by atoms with E-state index < -0.39 is 27.4 Å². The number of benzene rings is 1. The number of nitrogens with zero attached hydrogens (tertiary/aromatic N) is 1. The number of carbonyl (C=O) groups excluding carboxylic acids is 1. The van der Waals surface area contributed by atoms with Crippen molar-refractivity contribution in [3.63, 3.8) is 0 Å². The normalized spacial score (nSPS) is 16.9. The van der Waals surface area contributed by atoms with E-state index in [-0.39, 0.29) is 23.9 Å². The molecule has 1 fully saturated rings. The molecule has 8 nitrogen and oxygen atoms in total. The number of nitrogens with one attached hydrogen (secondary N) is 1. The van der Waals surface area contributed by atoms with Gasteiger partial charge in [-0.05, 0) is 51.0 Å². The molecule has 0 radical (unpaired) electrons. The molecule has 0 aromatic heterocycles. The van der Waals surface area contributed by atoms with Crippen LogP contribution in [0.25, 0.3) is 0 Å². The van der Waals surface area contributed by atoms with E-state index in [1.54, 1.807) is 12.1 Å². The summed E-state index contributed by atoms with van der Waals surface area (Å²) in [5, 5.41) is 11.6. The average molecular weight is 384 g/mol. The van der Waals surface area contributed by atoms with Crippen LogP contribution in [0.2, 0.25) is 0 Å². The molecule has 144 valence electrons. The van der Waals surface area contributed by atoms with E-state index in [4.69, 9.17) is 9.84 Å². The molecule has 1 aromatic carbocycles. The number of carboxylic acids is 1. The van der Waals surface area contributed by atoms with Gasteiger partial charge in [0.05, 0.1) is 12.0 Å². The maximum absolute atomic E-state index is 12.7. The summed E-state index contributed by atoms with van der Waals surface area (Å²) in [6.07, 6.45) is 0.688. The highest BCUT2D eigenvalue weighted by atomic mass is 32.2. The standard InChI is InChI=1S/C17H24N2O6S/c1-17(2,16(21)22)18-15(20)12-8-10-19(11-9-12)26(23,24)14-6-4-13(25-3)5-7-14/h4-7,12H,8-11H2,1-3H3,(H,18,20)(H,21,22). The van der Waals surface area contributed by atoms with Crippen LogP contribution in [0.5, 0.6) is 5.75 Å². The number of carbonyl (C=O) groups is 2. The van der Waals surface area contributed by atoms with E-state index in [9.17, 15) is 18.0 Å². The average Bonchev–Trinajstić information content (AvgIpc) is 2.61. The summed E-state index contributed by atoms with van der Waals surface area (Å²) in [7, 11) is -2.13. The van der Waals surface area contributed by atoms with E-state index in [1.165, 1.54) is 37.4 Å². The van der Waals surface area contributed by atoms with Gasteiger partial charge in [-0.25, -0.2) is 13.2 Å². The molecule has 0 bridgehead atoms. The Balaban J connectivity index is 2.00. The minimum Gasteiger partial charge on any atom is -0.497 e. The molecule has 0 saturated carbocycles. The maximum Gasteiger partial charge on any atom is 0.328 e. The lowest BCUT2D eigenvalue weighted by atomic mass is 9.95. The van der Waals surface area contributed by atoms with Crippen LogP contribution in [-0.2, 0) is 19.6 Å². The predicted octanol–water partition coefficient (Wildman–Crippen LogP) is 1.08. The second-order valence-electron chi connectivity index (χ2n) is 6.77. The van der Waals surface area contributed by atoms with Gasteiger partial charge in [0.1, 0.15) is 11.3 Å². The molecule has 1 heterocycles. The monoisotopic (exact) mass is 384 g/mol. The number of rotatable bonds is 6. The first-order valence-corrected chi connectivity index (χ1v) is 9.71. The van der Waals surface area contributed by atoms with Crippen molar-refractivity contribution in [3.05, 3.63) is 24.3 Å². The smallest absolute Gasteiger partial charge is 0.328 e. The Labute approximate surface area is 153 Å². The van der Waals surface area contributed by atoms with Gasteiger partial charge in [-0.1, -0.05) is 0 Å². The number of amides is 1. The highest BCUT2D eigenvalue weighted by Crippen LogP contribution is 2.25. The first kappa shape index (κ1) is 20.2. The fraction of sp³-hybridized carbons (Fsp3) is 0.529. The summed E-state index contributed by atoms with van der Waals surface area (Å²) in [6, 6.07) is 6.15. The van der Waals surface area contributed by atoms with Gasteiger partial charge < -0.3 is 15.2 Å². The van der Waals surface area contributed by atoms with Crippen LogP contribution in [0.3, 0.4) is 0 Å². The number of carboxylic acid groups (broad SMARTS) is 1. The van der Waals surface area contributed by atoms with Crippen LogP contribution in [0.1, 0.15) is 26.7 Å². The number of hydrogen-bond donors (Lipinski definition) is 2. The van der Waals surface area contributed by atoms with E-state index in [0.29, 0.717) is 18.6 Å². The first-order valence-electron chi connectivity index (χ1n) is 8.27. The molecule has 2 rings (SSSR count). The highest BCUT2D eigenvalue weighted by Gasteiger charge is 2.35. The molecule has 0 atom stereocenters. The fourth-order valence-corrected chi connectivity index (χ4v) is 4.19. The Morgan fingerprint density at radius 1 is 1.19 bits per heavy atom. The molecule has 1 aromatic rings. The molecule has 0 aliphatic carbocycles. The third-order valence-electron chi connectivity index (χ3n) is 4.49. The third kappa shape index (κ3) is 4.34. The molecule has 0 spiro atoms. The van der Waals surface area contributed by atoms with E-state index in [0.717, 1.165) is 0 Å². The molecular weight excluding hydrogens is 360 g/mol. The Hall–Kier alpha value is -2.13. The van der Waals surface area contributed by atoms with Crippen molar-refractivity contribution in [2.24, 2.45) is 5.92 Å². The number of hydrogen-bond acceptors (Lipinski definition) is 5. The fourth-order valence-electron chi connectivity index (χ4n) is 2.72. The SMILES string of the molecule is COc1ccc(S(=O)(=O)N2CCC(C(=O)NC(C)(C)C(=O)O)CC2)cc1. The highest BCUT2D eigenvalue weighted by molar-refractivity contribution is 7.89. The molecule has 0 unspecified atom stereocenters. The van der Waals surface area contributed by atoms with Crippen molar-refractivity contribution < 1.29 is 27.9 Å².